The highest BCUT2D eigenvalue weighted by molar-refractivity contribution is 5.69. The zero-order chi connectivity index (χ0) is 12.4. The fraction of sp³-hybridized carbons (Fsp3) is 0.308. The number of benzene rings is 1. The van der Waals surface area contributed by atoms with Gasteiger partial charge in [0.1, 0.15) is 0 Å². The van der Waals surface area contributed by atoms with E-state index in [9.17, 15) is 4.79 Å². The van der Waals surface area contributed by atoms with Gasteiger partial charge in [0.25, 0.3) is 0 Å². The zero-order valence-electron chi connectivity index (χ0n) is 9.77. The summed E-state index contributed by atoms with van der Waals surface area (Å²) in [4.78, 5) is 11.3. The number of hydrogen-bond acceptors (Lipinski definition) is 3. The van der Waals surface area contributed by atoms with E-state index in [0.717, 1.165) is 12.1 Å². The molecule has 0 radical (unpaired) electrons. The highest BCUT2D eigenvalue weighted by Crippen LogP contribution is 2.40. The number of nitrogens with one attached hydrogen (secondary N) is 1. The number of carbonyl (C=O) groups excluding carboxylic acids is 1. The fourth-order valence-corrected chi connectivity index (χ4v) is 1.81. The number of allylic oxidation sites excluding steroid dienone is 1. The Kier molecular flexibility index (Phi) is 3.04. The number of rotatable bonds is 3. The maximum absolute atomic E-state index is 11.3. The van der Waals surface area contributed by atoms with E-state index >= 15 is 0 Å². The van der Waals surface area contributed by atoms with Crippen LogP contribution in [-0.4, -0.2) is 12.1 Å². The van der Waals surface area contributed by atoms with E-state index in [2.05, 4.69) is 11.9 Å². The predicted octanol–water partition coefficient (Wildman–Crippen LogP) is 2.38. The van der Waals surface area contributed by atoms with Crippen LogP contribution in [0.25, 0.3) is 0 Å². The van der Waals surface area contributed by atoms with Crippen molar-refractivity contribution < 1.29 is 9.53 Å². The summed E-state index contributed by atoms with van der Waals surface area (Å²) >= 11 is 0. The Morgan fingerprint density at radius 3 is 2.71 bits per heavy atom. The number of amides is 1. The molecule has 0 saturated heterocycles. The number of nitrogen functional groups attached to an aromatic ring is 1. The van der Waals surface area contributed by atoms with Gasteiger partial charge in [0.05, 0.1) is 5.76 Å². The van der Waals surface area contributed by atoms with Crippen LogP contribution in [0, 0.1) is 0 Å². The second kappa shape index (κ2) is 4.49. The van der Waals surface area contributed by atoms with Crippen molar-refractivity contribution in [3.63, 3.8) is 0 Å². The summed E-state index contributed by atoms with van der Waals surface area (Å²) in [6.07, 6.45) is 0.510. The van der Waals surface area contributed by atoms with Gasteiger partial charge in [0.15, 0.2) is 0 Å². The molecule has 0 spiro atoms. The molecule has 0 bridgehead atoms. The molecular formula is C13H16N2O2. The first-order valence-corrected chi connectivity index (χ1v) is 5.55. The van der Waals surface area contributed by atoms with Crippen molar-refractivity contribution in [3.8, 4) is 0 Å². The number of ether oxygens (including phenoxy) is 1. The minimum Gasteiger partial charge on any atom is -0.416 e. The molecule has 1 fully saturated rings. The molecule has 2 unspecified atom stereocenters. The molecular weight excluding hydrogens is 216 g/mol. The van der Waals surface area contributed by atoms with E-state index < -0.39 is 6.09 Å². The van der Waals surface area contributed by atoms with Crippen molar-refractivity contribution in [2.75, 3.05) is 5.73 Å². The van der Waals surface area contributed by atoms with Crippen molar-refractivity contribution >= 4 is 11.8 Å². The summed E-state index contributed by atoms with van der Waals surface area (Å²) in [5.74, 6) is 0.764. The van der Waals surface area contributed by atoms with E-state index in [1.165, 1.54) is 5.56 Å². The van der Waals surface area contributed by atoms with Gasteiger partial charge in [-0.3, -0.25) is 0 Å². The topological polar surface area (TPSA) is 64.3 Å². The number of hydrogen-bond donors (Lipinski definition) is 2. The molecule has 1 aliphatic rings. The lowest BCUT2D eigenvalue weighted by Gasteiger charge is -2.05. The van der Waals surface area contributed by atoms with Gasteiger partial charge < -0.3 is 15.8 Å². The molecule has 0 aliphatic heterocycles. The highest BCUT2D eigenvalue weighted by Gasteiger charge is 2.39. The molecule has 2 atom stereocenters. The monoisotopic (exact) mass is 232 g/mol. The summed E-state index contributed by atoms with van der Waals surface area (Å²) in [5, 5.41) is 2.80. The Labute approximate surface area is 100 Å². The van der Waals surface area contributed by atoms with Gasteiger partial charge in [-0.15, -0.1) is 0 Å². The molecule has 3 N–H and O–H groups in total. The maximum atomic E-state index is 11.3. The molecule has 4 nitrogen and oxygen atoms in total. The third-order valence-electron chi connectivity index (χ3n) is 2.73. The lowest BCUT2D eigenvalue weighted by molar-refractivity contribution is 0.176. The van der Waals surface area contributed by atoms with Gasteiger partial charge in [0, 0.05) is 17.6 Å². The molecule has 0 aromatic heterocycles. The first kappa shape index (κ1) is 11.5. The molecule has 1 aliphatic carbocycles. The Bertz CT molecular complexity index is 439. The van der Waals surface area contributed by atoms with Gasteiger partial charge in [-0.25, -0.2) is 4.79 Å². The van der Waals surface area contributed by atoms with Crippen LogP contribution in [0.2, 0.25) is 0 Å². The van der Waals surface area contributed by atoms with Gasteiger partial charge in [-0.1, -0.05) is 18.7 Å². The Hall–Kier alpha value is -1.97. The molecule has 1 aromatic carbocycles. The lowest BCUT2D eigenvalue weighted by Crippen LogP contribution is -2.26. The summed E-state index contributed by atoms with van der Waals surface area (Å²) in [6, 6.07) is 7.89. The quantitative estimate of drug-likeness (QED) is 0.621. The zero-order valence-corrected chi connectivity index (χ0v) is 9.77. The van der Waals surface area contributed by atoms with Crippen molar-refractivity contribution in [1.29, 1.82) is 0 Å². The first-order valence-electron chi connectivity index (χ1n) is 5.55. The molecule has 4 heteroatoms. The van der Waals surface area contributed by atoms with Crippen LogP contribution >= 0.6 is 0 Å². The normalized spacial score (nSPS) is 21.7. The van der Waals surface area contributed by atoms with E-state index in [1.54, 1.807) is 6.92 Å². The van der Waals surface area contributed by atoms with Crippen LogP contribution in [0.3, 0.4) is 0 Å². The average molecular weight is 232 g/mol. The van der Waals surface area contributed by atoms with Crippen molar-refractivity contribution in [2.45, 2.75) is 25.3 Å². The molecule has 1 saturated carbocycles. The first-order chi connectivity index (χ1) is 8.06. The van der Waals surface area contributed by atoms with Gasteiger partial charge >= 0.3 is 6.09 Å². The Morgan fingerprint density at radius 2 is 2.12 bits per heavy atom. The van der Waals surface area contributed by atoms with E-state index in [1.807, 2.05) is 24.3 Å². The minimum absolute atomic E-state index is 0.158. The fourth-order valence-electron chi connectivity index (χ4n) is 1.81. The number of carbonyl (C=O) groups is 1. The second-order valence-electron chi connectivity index (χ2n) is 4.35. The predicted molar refractivity (Wildman–Crippen MR) is 66.4 cm³/mol. The molecule has 1 amide bonds. The van der Waals surface area contributed by atoms with Crippen LogP contribution in [-0.2, 0) is 4.74 Å². The van der Waals surface area contributed by atoms with Gasteiger partial charge in [-0.05, 0) is 31.0 Å². The van der Waals surface area contributed by atoms with Crippen LogP contribution in [0.15, 0.2) is 36.6 Å². The Balaban J connectivity index is 1.86. The molecule has 90 valence electrons. The number of anilines is 1. The summed E-state index contributed by atoms with van der Waals surface area (Å²) in [6.45, 7) is 5.16. The number of alkyl carbamates (subject to hydrolysis) is 1. The molecule has 17 heavy (non-hydrogen) atoms. The standard InChI is InChI=1S/C13H16N2O2/c1-8(2)17-13(16)15-12-7-11(12)9-3-5-10(14)6-4-9/h3-6,11-12H,1,7,14H2,2H3,(H,15,16). The SMILES string of the molecule is C=C(C)OC(=O)NC1CC1c1ccc(N)cc1. The summed E-state index contributed by atoms with van der Waals surface area (Å²) < 4.78 is 4.84. The second-order valence-corrected chi connectivity index (χ2v) is 4.35. The van der Waals surface area contributed by atoms with Crippen LogP contribution in [0.1, 0.15) is 24.8 Å². The largest absolute Gasteiger partial charge is 0.416 e. The van der Waals surface area contributed by atoms with Crippen LogP contribution < -0.4 is 11.1 Å². The van der Waals surface area contributed by atoms with Gasteiger partial charge in [0.2, 0.25) is 0 Å². The maximum Gasteiger partial charge on any atom is 0.412 e. The molecule has 1 aromatic rings. The van der Waals surface area contributed by atoms with E-state index in [4.69, 9.17) is 10.5 Å². The smallest absolute Gasteiger partial charge is 0.412 e. The molecule has 0 heterocycles. The highest BCUT2D eigenvalue weighted by atomic mass is 16.6. The van der Waals surface area contributed by atoms with Crippen LogP contribution in [0.4, 0.5) is 10.5 Å². The van der Waals surface area contributed by atoms with Crippen molar-refractivity contribution in [1.82, 2.24) is 5.32 Å². The minimum atomic E-state index is -0.430. The lowest BCUT2D eigenvalue weighted by atomic mass is 10.1. The van der Waals surface area contributed by atoms with Gasteiger partial charge in [-0.2, -0.15) is 0 Å². The molecule has 2 rings (SSSR count). The van der Waals surface area contributed by atoms with E-state index in [-0.39, 0.29) is 6.04 Å². The summed E-state index contributed by atoms with van der Waals surface area (Å²) in [5.41, 5.74) is 7.56. The third kappa shape index (κ3) is 3.00. The Morgan fingerprint density at radius 1 is 1.47 bits per heavy atom. The van der Waals surface area contributed by atoms with Crippen molar-refractivity contribution in [3.05, 3.63) is 42.2 Å². The van der Waals surface area contributed by atoms with E-state index in [0.29, 0.717) is 11.7 Å². The number of nitrogens with two attached hydrogens (primary N) is 1. The van der Waals surface area contributed by atoms with Crippen LogP contribution in [0.5, 0.6) is 0 Å². The van der Waals surface area contributed by atoms with Crippen molar-refractivity contribution in [2.24, 2.45) is 0 Å². The average Bonchev–Trinajstić information content (AvgIpc) is 2.96. The summed E-state index contributed by atoms with van der Waals surface area (Å²) in [7, 11) is 0. The third-order valence-corrected chi connectivity index (χ3v) is 2.73.